The molecule has 7 heteroatoms. The number of benzene rings is 1. The summed E-state index contributed by atoms with van der Waals surface area (Å²) in [7, 11) is 0. The van der Waals surface area contributed by atoms with Crippen molar-refractivity contribution in [3.8, 4) is 0 Å². The van der Waals surface area contributed by atoms with E-state index in [2.05, 4.69) is 0 Å². The Morgan fingerprint density at radius 1 is 1.29 bits per heavy atom. The molecule has 0 saturated carbocycles. The average Bonchev–Trinajstić information content (AvgIpc) is 2.72. The normalized spacial score (nSPS) is 22.3. The van der Waals surface area contributed by atoms with Crippen LogP contribution in [0.25, 0.3) is 0 Å². The zero-order chi connectivity index (χ0) is 15.6. The number of nitrogens with zero attached hydrogens (tertiary/aromatic N) is 1. The van der Waals surface area contributed by atoms with Crippen LogP contribution in [0.15, 0.2) is 30.3 Å². The fourth-order valence-corrected chi connectivity index (χ4v) is 2.25. The predicted molar refractivity (Wildman–Crippen MR) is 67.3 cm³/mol. The lowest BCUT2D eigenvalue weighted by Gasteiger charge is -2.19. The van der Waals surface area contributed by atoms with Crippen LogP contribution in [0.1, 0.15) is 31.4 Å². The van der Waals surface area contributed by atoms with Crippen molar-refractivity contribution in [2.45, 2.75) is 38.1 Å². The minimum atomic E-state index is -4.43. The van der Waals surface area contributed by atoms with Crippen LogP contribution in [0, 0.1) is 0 Å². The molecule has 0 bridgehead atoms. The van der Waals surface area contributed by atoms with Gasteiger partial charge in [0.05, 0.1) is 12.5 Å². The van der Waals surface area contributed by atoms with E-state index < -0.39 is 43.2 Å². The van der Waals surface area contributed by atoms with Gasteiger partial charge in [0.25, 0.3) is 0 Å². The first-order valence-electron chi connectivity index (χ1n) is 6.44. The van der Waals surface area contributed by atoms with Crippen molar-refractivity contribution in [1.82, 2.24) is 4.90 Å². The van der Waals surface area contributed by atoms with E-state index in [1.807, 2.05) is 0 Å². The van der Waals surface area contributed by atoms with Gasteiger partial charge in [-0.2, -0.15) is 13.2 Å². The summed E-state index contributed by atoms with van der Waals surface area (Å²) < 4.78 is 41.6. The van der Waals surface area contributed by atoms with Crippen molar-refractivity contribution >= 4 is 12.0 Å². The van der Waals surface area contributed by atoms with Crippen molar-refractivity contribution in [1.29, 1.82) is 0 Å². The monoisotopic (exact) mass is 301 g/mol. The summed E-state index contributed by atoms with van der Waals surface area (Å²) in [6.45, 7) is 1.58. The van der Waals surface area contributed by atoms with E-state index in [0.29, 0.717) is 5.56 Å². The first-order chi connectivity index (χ1) is 9.79. The molecule has 1 aromatic carbocycles. The zero-order valence-electron chi connectivity index (χ0n) is 11.3. The number of hydrogen-bond acceptors (Lipinski definition) is 3. The summed E-state index contributed by atoms with van der Waals surface area (Å²) in [4.78, 5) is 24.3. The Morgan fingerprint density at radius 2 is 1.90 bits per heavy atom. The number of carbonyl (C=O) groups excluding carboxylic acids is 2. The third-order valence-corrected chi connectivity index (χ3v) is 3.29. The lowest BCUT2D eigenvalue weighted by Crippen LogP contribution is -2.38. The molecule has 0 N–H and O–H groups in total. The number of hydrogen-bond donors (Lipinski definition) is 0. The van der Waals surface area contributed by atoms with Crippen LogP contribution in [0.5, 0.6) is 0 Å². The second kappa shape index (κ2) is 5.75. The van der Waals surface area contributed by atoms with E-state index in [1.165, 1.54) is 0 Å². The number of alkyl halides is 3. The van der Waals surface area contributed by atoms with Crippen LogP contribution in [-0.2, 0) is 9.53 Å². The maximum Gasteiger partial charge on any atom is 0.417 e. The molecular formula is C14H14F3NO3. The first kappa shape index (κ1) is 15.3. The first-order valence-corrected chi connectivity index (χ1v) is 6.44. The molecule has 1 aliphatic rings. The number of carbonyl (C=O) groups is 2. The van der Waals surface area contributed by atoms with Crippen LogP contribution < -0.4 is 0 Å². The largest absolute Gasteiger partial charge is 0.439 e. The second-order valence-electron chi connectivity index (χ2n) is 4.83. The highest BCUT2D eigenvalue weighted by atomic mass is 19.4. The molecule has 1 heterocycles. The van der Waals surface area contributed by atoms with Gasteiger partial charge in [-0.05, 0) is 12.5 Å². The molecule has 1 aliphatic heterocycles. The summed E-state index contributed by atoms with van der Waals surface area (Å²) in [6.07, 6.45) is -8.00. The molecule has 0 aliphatic carbocycles. The minimum absolute atomic E-state index is 0.638. The Kier molecular flexibility index (Phi) is 4.20. The van der Waals surface area contributed by atoms with Gasteiger partial charge in [0.1, 0.15) is 6.10 Å². The maximum absolute atomic E-state index is 12.2. The number of amides is 2. The molecule has 0 radical (unpaired) electrons. The molecule has 2 rings (SSSR count). The molecule has 2 unspecified atom stereocenters. The summed E-state index contributed by atoms with van der Waals surface area (Å²) >= 11 is 0. The fraction of sp³-hybridized carbons (Fsp3) is 0.429. The third-order valence-electron chi connectivity index (χ3n) is 3.29. The Balaban J connectivity index is 2.08. The minimum Gasteiger partial charge on any atom is -0.439 e. The topological polar surface area (TPSA) is 46.6 Å². The van der Waals surface area contributed by atoms with Crippen molar-refractivity contribution in [2.24, 2.45) is 0 Å². The van der Waals surface area contributed by atoms with Crippen molar-refractivity contribution in [3.63, 3.8) is 0 Å². The van der Waals surface area contributed by atoms with E-state index in [1.54, 1.807) is 37.3 Å². The molecule has 4 nitrogen and oxygen atoms in total. The molecule has 114 valence electrons. The van der Waals surface area contributed by atoms with Gasteiger partial charge < -0.3 is 4.74 Å². The Bertz CT molecular complexity index is 530. The molecule has 21 heavy (non-hydrogen) atoms. The van der Waals surface area contributed by atoms with Gasteiger partial charge in [0.15, 0.2) is 0 Å². The molecule has 2 atom stereocenters. The zero-order valence-corrected chi connectivity index (χ0v) is 11.3. The van der Waals surface area contributed by atoms with E-state index in [9.17, 15) is 22.8 Å². The number of imide groups is 1. The molecule has 1 fully saturated rings. The molecule has 2 amide bonds. The van der Waals surface area contributed by atoms with Gasteiger partial charge in [-0.15, -0.1) is 0 Å². The van der Waals surface area contributed by atoms with E-state index in [4.69, 9.17) is 4.74 Å². The highest BCUT2D eigenvalue weighted by Crippen LogP contribution is 2.33. The molecule has 0 spiro atoms. The molecule has 1 saturated heterocycles. The maximum atomic E-state index is 12.2. The molecule has 0 aromatic heterocycles. The smallest absolute Gasteiger partial charge is 0.417 e. The number of halogens is 3. The van der Waals surface area contributed by atoms with Crippen LogP contribution in [0.3, 0.4) is 0 Å². The molecular weight excluding hydrogens is 287 g/mol. The summed E-state index contributed by atoms with van der Waals surface area (Å²) in [5.74, 6) is -0.872. The fourth-order valence-electron chi connectivity index (χ4n) is 2.25. The summed E-state index contributed by atoms with van der Waals surface area (Å²) in [6, 6.07) is 8.13. The van der Waals surface area contributed by atoms with Gasteiger partial charge in [-0.3, -0.25) is 4.79 Å². The Hall–Kier alpha value is -2.05. The summed E-state index contributed by atoms with van der Waals surface area (Å²) in [5, 5.41) is 0. The number of rotatable bonds is 3. The Labute approximate surface area is 119 Å². The van der Waals surface area contributed by atoms with Gasteiger partial charge in [0.2, 0.25) is 5.91 Å². The van der Waals surface area contributed by atoms with Crippen LogP contribution in [0.4, 0.5) is 18.0 Å². The van der Waals surface area contributed by atoms with Gasteiger partial charge in [-0.25, -0.2) is 9.69 Å². The SMILES string of the molecule is CC1C(c2ccccc2)OC(=O)N1C(=O)CCC(F)(F)F. The lowest BCUT2D eigenvalue weighted by atomic mass is 10.0. The second-order valence-corrected chi connectivity index (χ2v) is 4.83. The number of ether oxygens (including phenoxy) is 1. The van der Waals surface area contributed by atoms with Crippen molar-refractivity contribution in [2.75, 3.05) is 0 Å². The van der Waals surface area contributed by atoms with E-state index in [0.717, 1.165) is 4.90 Å². The molecule has 1 aromatic rings. The van der Waals surface area contributed by atoms with Crippen molar-refractivity contribution in [3.05, 3.63) is 35.9 Å². The van der Waals surface area contributed by atoms with Crippen LogP contribution in [-0.4, -0.2) is 29.1 Å². The summed E-state index contributed by atoms with van der Waals surface area (Å²) in [5.41, 5.74) is 0.699. The quantitative estimate of drug-likeness (QED) is 0.859. The third kappa shape index (κ3) is 3.53. The van der Waals surface area contributed by atoms with E-state index >= 15 is 0 Å². The standard InChI is InChI=1S/C14H14F3NO3/c1-9-12(10-5-3-2-4-6-10)21-13(20)18(9)11(19)7-8-14(15,16)17/h2-6,9,12H,7-8H2,1H3. The van der Waals surface area contributed by atoms with Crippen LogP contribution >= 0.6 is 0 Å². The van der Waals surface area contributed by atoms with Crippen LogP contribution in [0.2, 0.25) is 0 Å². The number of cyclic esters (lactones) is 1. The highest BCUT2D eigenvalue weighted by molar-refractivity contribution is 5.93. The van der Waals surface area contributed by atoms with E-state index in [-0.39, 0.29) is 0 Å². The lowest BCUT2D eigenvalue weighted by molar-refractivity contribution is -0.148. The highest BCUT2D eigenvalue weighted by Gasteiger charge is 2.43. The van der Waals surface area contributed by atoms with Gasteiger partial charge in [0, 0.05) is 6.42 Å². The van der Waals surface area contributed by atoms with Crippen molar-refractivity contribution < 1.29 is 27.5 Å². The predicted octanol–water partition coefficient (Wildman–Crippen LogP) is 3.44. The average molecular weight is 301 g/mol. The van der Waals surface area contributed by atoms with Gasteiger partial charge >= 0.3 is 12.3 Å². The van der Waals surface area contributed by atoms with Gasteiger partial charge in [-0.1, -0.05) is 30.3 Å². The Morgan fingerprint density at radius 3 is 2.48 bits per heavy atom.